The van der Waals surface area contributed by atoms with Gasteiger partial charge in [0.2, 0.25) is 0 Å². The summed E-state index contributed by atoms with van der Waals surface area (Å²) in [4.78, 5) is 4.11. The Morgan fingerprint density at radius 1 is 1.55 bits per heavy atom. The van der Waals surface area contributed by atoms with E-state index in [9.17, 15) is 0 Å². The van der Waals surface area contributed by atoms with E-state index < -0.39 is 0 Å². The third-order valence-corrected chi connectivity index (χ3v) is 2.65. The lowest BCUT2D eigenvalue weighted by atomic mass is 9.85. The second-order valence-corrected chi connectivity index (χ2v) is 3.39. The molecule has 2 nitrogen and oxygen atoms in total. The van der Waals surface area contributed by atoms with Crippen LogP contribution in [-0.2, 0) is 4.74 Å². The Morgan fingerprint density at radius 3 is 2.55 bits per heavy atom. The van der Waals surface area contributed by atoms with Crippen molar-refractivity contribution in [3.05, 3.63) is 0 Å². The van der Waals surface area contributed by atoms with Gasteiger partial charge in [0.1, 0.15) is 5.60 Å². The predicted molar refractivity (Wildman–Crippen MR) is 46.9 cm³/mol. The molecule has 0 spiro atoms. The molecule has 0 aromatic heterocycles. The van der Waals surface area contributed by atoms with Gasteiger partial charge in [-0.1, -0.05) is 13.8 Å². The van der Waals surface area contributed by atoms with Crippen molar-refractivity contribution < 1.29 is 4.74 Å². The molecule has 0 bridgehead atoms. The van der Waals surface area contributed by atoms with E-state index in [1.54, 1.807) is 6.40 Å². The molecule has 0 saturated carbocycles. The van der Waals surface area contributed by atoms with Crippen molar-refractivity contribution in [1.82, 2.24) is 0 Å². The molecule has 1 rings (SSSR count). The first-order chi connectivity index (χ1) is 5.23. The highest BCUT2D eigenvalue weighted by Gasteiger charge is 2.35. The first kappa shape index (κ1) is 8.57. The molecule has 0 aromatic carbocycles. The summed E-state index contributed by atoms with van der Waals surface area (Å²) in [5, 5.41) is 0. The van der Waals surface area contributed by atoms with Crippen molar-refractivity contribution in [3.8, 4) is 0 Å². The standard InChI is InChI=1S/C9H17NO/c1-4-8(5-2)9(3)6-10-7-11-9/h7-8H,4-6H2,1-3H3. The van der Waals surface area contributed by atoms with Crippen molar-refractivity contribution in [2.24, 2.45) is 10.9 Å². The maximum Gasteiger partial charge on any atom is 0.170 e. The molecule has 0 aliphatic carbocycles. The van der Waals surface area contributed by atoms with E-state index in [0.29, 0.717) is 5.92 Å². The van der Waals surface area contributed by atoms with Crippen LogP contribution < -0.4 is 0 Å². The maximum atomic E-state index is 5.49. The smallest absolute Gasteiger partial charge is 0.170 e. The lowest BCUT2D eigenvalue weighted by Gasteiger charge is -2.30. The second kappa shape index (κ2) is 3.24. The Morgan fingerprint density at radius 2 is 2.18 bits per heavy atom. The van der Waals surface area contributed by atoms with E-state index in [0.717, 1.165) is 6.54 Å². The van der Waals surface area contributed by atoms with E-state index in [-0.39, 0.29) is 5.60 Å². The highest BCUT2D eigenvalue weighted by atomic mass is 16.5. The zero-order valence-electron chi connectivity index (χ0n) is 7.63. The van der Waals surface area contributed by atoms with Gasteiger partial charge in [-0.05, 0) is 25.7 Å². The van der Waals surface area contributed by atoms with Crippen molar-refractivity contribution in [2.45, 2.75) is 39.2 Å². The Hall–Kier alpha value is -0.530. The van der Waals surface area contributed by atoms with Gasteiger partial charge in [0, 0.05) is 0 Å². The van der Waals surface area contributed by atoms with Crippen LogP contribution in [0.15, 0.2) is 4.99 Å². The summed E-state index contributed by atoms with van der Waals surface area (Å²) in [7, 11) is 0. The van der Waals surface area contributed by atoms with Crippen LogP contribution in [-0.4, -0.2) is 18.5 Å². The van der Waals surface area contributed by atoms with Crippen LogP contribution in [0.2, 0.25) is 0 Å². The molecule has 1 unspecified atom stereocenters. The van der Waals surface area contributed by atoms with Crippen LogP contribution in [0.5, 0.6) is 0 Å². The number of nitrogens with zero attached hydrogens (tertiary/aromatic N) is 1. The van der Waals surface area contributed by atoms with Gasteiger partial charge in [-0.15, -0.1) is 0 Å². The normalized spacial score (nSPS) is 29.5. The topological polar surface area (TPSA) is 21.6 Å². The molecule has 0 fully saturated rings. The van der Waals surface area contributed by atoms with Gasteiger partial charge in [0.25, 0.3) is 0 Å². The molecule has 64 valence electrons. The van der Waals surface area contributed by atoms with Gasteiger partial charge < -0.3 is 4.74 Å². The number of rotatable bonds is 3. The fraction of sp³-hybridized carbons (Fsp3) is 0.889. The molecule has 1 heterocycles. The molecule has 1 aliphatic rings. The van der Waals surface area contributed by atoms with E-state index in [1.807, 2.05) is 0 Å². The first-order valence-electron chi connectivity index (χ1n) is 4.39. The third kappa shape index (κ3) is 1.55. The Labute approximate surface area is 68.7 Å². The van der Waals surface area contributed by atoms with Crippen molar-refractivity contribution in [2.75, 3.05) is 6.54 Å². The minimum absolute atomic E-state index is 0.0104. The highest BCUT2D eigenvalue weighted by molar-refractivity contribution is 5.50. The number of ether oxygens (including phenoxy) is 1. The molecule has 0 aromatic rings. The average molecular weight is 155 g/mol. The zero-order chi connectivity index (χ0) is 8.32. The highest BCUT2D eigenvalue weighted by Crippen LogP contribution is 2.29. The van der Waals surface area contributed by atoms with Crippen LogP contribution in [0.4, 0.5) is 0 Å². The second-order valence-electron chi connectivity index (χ2n) is 3.39. The molecule has 2 heteroatoms. The molecule has 1 aliphatic heterocycles. The largest absolute Gasteiger partial charge is 0.475 e. The van der Waals surface area contributed by atoms with Crippen molar-refractivity contribution in [3.63, 3.8) is 0 Å². The summed E-state index contributed by atoms with van der Waals surface area (Å²) in [5.41, 5.74) is -0.0104. The summed E-state index contributed by atoms with van der Waals surface area (Å²) in [6.45, 7) is 7.40. The summed E-state index contributed by atoms with van der Waals surface area (Å²) >= 11 is 0. The molecule has 1 atom stereocenters. The molecule has 11 heavy (non-hydrogen) atoms. The summed E-state index contributed by atoms with van der Waals surface area (Å²) in [5.74, 6) is 0.644. The van der Waals surface area contributed by atoms with Gasteiger partial charge in [-0.2, -0.15) is 0 Å². The summed E-state index contributed by atoms with van der Waals surface area (Å²) in [6, 6.07) is 0. The molecule has 0 amide bonds. The van der Waals surface area contributed by atoms with Gasteiger partial charge in [-0.3, -0.25) is 4.99 Å². The van der Waals surface area contributed by atoms with Crippen LogP contribution in [0, 0.1) is 5.92 Å². The SMILES string of the molecule is CCC(CC)C1(C)CN=CO1. The molecule has 0 radical (unpaired) electrons. The number of hydrogen-bond donors (Lipinski definition) is 0. The zero-order valence-corrected chi connectivity index (χ0v) is 7.63. The number of aliphatic imine (C=N–C) groups is 1. The van der Waals surface area contributed by atoms with Crippen LogP contribution in [0.3, 0.4) is 0 Å². The maximum absolute atomic E-state index is 5.49. The predicted octanol–water partition coefficient (Wildman–Crippen LogP) is 2.24. The van der Waals surface area contributed by atoms with Crippen molar-refractivity contribution in [1.29, 1.82) is 0 Å². The van der Waals surface area contributed by atoms with Gasteiger partial charge in [0.05, 0.1) is 6.54 Å². The average Bonchev–Trinajstić information content (AvgIpc) is 2.39. The van der Waals surface area contributed by atoms with E-state index in [2.05, 4.69) is 25.8 Å². The fourth-order valence-corrected chi connectivity index (χ4v) is 1.79. The Kier molecular flexibility index (Phi) is 2.53. The lowest BCUT2D eigenvalue weighted by molar-refractivity contribution is 0.0430. The Bertz CT molecular complexity index is 142. The number of hydrogen-bond acceptors (Lipinski definition) is 2. The van der Waals surface area contributed by atoms with E-state index in [4.69, 9.17) is 4.74 Å². The van der Waals surface area contributed by atoms with Crippen LogP contribution >= 0.6 is 0 Å². The minimum Gasteiger partial charge on any atom is -0.475 e. The van der Waals surface area contributed by atoms with Gasteiger partial charge in [-0.25, -0.2) is 0 Å². The van der Waals surface area contributed by atoms with E-state index in [1.165, 1.54) is 12.8 Å². The first-order valence-corrected chi connectivity index (χ1v) is 4.39. The molecule has 0 N–H and O–H groups in total. The van der Waals surface area contributed by atoms with Gasteiger partial charge in [0.15, 0.2) is 6.40 Å². The molecule has 0 saturated heterocycles. The van der Waals surface area contributed by atoms with Crippen molar-refractivity contribution >= 4 is 6.40 Å². The minimum atomic E-state index is -0.0104. The Balaban J connectivity index is 2.55. The summed E-state index contributed by atoms with van der Waals surface area (Å²) < 4.78 is 5.49. The third-order valence-electron chi connectivity index (χ3n) is 2.65. The molecular formula is C9H17NO. The quantitative estimate of drug-likeness (QED) is 0.612. The summed E-state index contributed by atoms with van der Waals surface area (Å²) in [6.07, 6.45) is 3.95. The van der Waals surface area contributed by atoms with Crippen LogP contribution in [0.25, 0.3) is 0 Å². The van der Waals surface area contributed by atoms with E-state index >= 15 is 0 Å². The molecular weight excluding hydrogens is 138 g/mol. The van der Waals surface area contributed by atoms with Crippen LogP contribution in [0.1, 0.15) is 33.6 Å². The fourth-order valence-electron chi connectivity index (χ4n) is 1.79. The monoisotopic (exact) mass is 155 g/mol. The lowest BCUT2D eigenvalue weighted by Crippen LogP contribution is -2.36. The van der Waals surface area contributed by atoms with Gasteiger partial charge >= 0.3 is 0 Å².